The van der Waals surface area contributed by atoms with Gasteiger partial charge in [0.05, 0.1) is 18.8 Å². The lowest BCUT2D eigenvalue weighted by Crippen LogP contribution is -2.41. The van der Waals surface area contributed by atoms with Crippen molar-refractivity contribution in [1.82, 2.24) is 24.9 Å². The number of aromatic nitrogens is 2. The second-order valence-electron chi connectivity index (χ2n) is 5.56. The molecule has 6 nitrogen and oxygen atoms in total. The van der Waals surface area contributed by atoms with Crippen LogP contribution < -0.4 is 5.32 Å². The van der Waals surface area contributed by atoms with Gasteiger partial charge >= 0.3 is 6.03 Å². The van der Waals surface area contributed by atoms with Crippen molar-refractivity contribution in [2.45, 2.75) is 12.6 Å². The van der Waals surface area contributed by atoms with Crippen LogP contribution in [0.1, 0.15) is 16.5 Å². The van der Waals surface area contributed by atoms with E-state index in [9.17, 15) is 4.79 Å². The van der Waals surface area contributed by atoms with Crippen molar-refractivity contribution >= 4 is 17.4 Å². The van der Waals surface area contributed by atoms with Crippen LogP contribution in [0.3, 0.4) is 0 Å². The first-order valence-corrected chi connectivity index (χ1v) is 8.01. The molecule has 2 rings (SSSR count). The normalized spacial score (nSPS) is 12.4. The lowest BCUT2D eigenvalue weighted by Gasteiger charge is -2.25. The van der Waals surface area contributed by atoms with Gasteiger partial charge in [0.1, 0.15) is 0 Å². The molecule has 2 aromatic heterocycles. The first kappa shape index (κ1) is 16.5. The SMILES string of the molecule is CN(Cc1cnn(C)c1)C(=O)NC[C@@H](c1cccs1)N(C)C. The molecular formula is C15H23N5OS. The Hall–Kier alpha value is -1.86. The van der Waals surface area contributed by atoms with Gasteiger partial charge in [0.2, 0.25) is 0 Å². The molecule has 0 aliphatic rings. The average Bonchev–Trinajstić information content (AvgIpc) is 3.10. The largest absolute Gasteiger partial charge is 0.336 e. The Balaban J connectivity index is 1.88. The Morgan fingerprint density at radius 3 is 2.77 bits per heavy atom. The number of amides is 2. The molecule has 0 aliphatic heterocycles. The molecular weight excluding hydrogens is 298 g/mol. The zero-order valence-electron chi connectivity index (χ0n) is 13.5. The van der Waals surface area contributed by atoms with Gasteiger partial charge in [0, 0.05) is 37.3 Å². The van der Waals surface area contributed by atoms with E-state index in [-0.39, 0.29) is 12.1 Å². The topological polar surface area (TPSA) is 53.4 Å². The molecule has 120 valence electrons. The third kappa shape index (κ3) is 4.32. The van der Waals surface area contributed by atoms with Crippen LogP contribution in [0, 0.1) is 0 Å². The van der Waals surface area contributed by atoms with Gasteiger partial charge in [0.25, 0.3) is 0 Å². The van der Waals surface area contributed by atoms with Gasteiger partial charge in [-0.2, -0.15) is 5.10 Å². The first-order valence-electron chi connectivity index (χ1n) is 7.13. The van der Waals surface area contributed by atoms with Crippen LogP contribution in [0.25, 0.3) is 0 Å². The highest BCUT2D eigenvalue weighted by atomic mass is 32.1. The van der Waals surface area contributed by atoms with Crippen molar-refractivity contribution in [3.63, 3.8) is 0 Å². The molecule has 0 saturated carbocycles. The molecule has 0 radical (unpaired) electrons. The van der Waals surface area contributed by atoms with E-state index in [1.54, 1.807) is 34.2 Å². The third-order valence-corrected chi connectivity index (χ3v) is 4.44. The van der Waals surface area contributed by atoms with Gasteiger partial charge in [-0.3, -0.25) is 4.68 Å². The van der Waals surface area contributed by atoms with E-state index in [0.29, 0.717) is 13.1 Å². The molecule has 0 fully saturated rings. The third-order valence-electron chi connectivity index (χ3n) is 3.47. The van der Waals surface area contributed by atoms with Gasteiger partial charge in [0.15, 0.2) is 0 Å². The molecule has 1 N–H and O–H groups in total. The minimum atomic E-state index is -0.0766. The van der Waals surface area contributed by atoms with Gasteiger partial charge < -0.3 is 15.1 Å². The average molecular weight is 321 g/mol. The summed E-state index contributed by atoms with van der Waals surface area (Å²) < 4.78 is 1.74. The number of aryl methyl sites for hydroxylation is 1. The van der Waals surface area contributed by atoms with Crippen LogP contribution in [0.15, 0.2) is 29.9 Å². The number of thiophene rings is 1. The highest BCUT2D eigenvalue weighted by molar-refractivity contribution is 7.10. The summed E-state index contributed by atoms with van der Waals surface area (Å²) in [5.74, 6) is 0. The number of hydrogen-bond donors (Lipinski definition) is 1. The zero-order valence-corrected chi connectivity index (χ0v) is 14.3. The van der Waals surface area contributed by atoms with Gasteiger partial charge in [-0.25, -0.2) is 4.79 Å². The molecule has 2 amide bonds. The molecule has 2 aromatic rings. The van der Waals surface area contributed by atoms with Crippen LogP contribution in [0.2, 0.25) is 0 Å². The van der Waals surface area contributed by atoms with E-state index >= 15 is 0 Å². The smallest absolute Gasteiger partial charge is 0.317 e. The number of nitrogens with one attached hydrogen (secondary N) is 1. The summed E-state index contributed by atoms with van der Waals surface area (Å²) in [7, 11) is 7.70. The number of carbonyl (C=O) groups excluding carboxylic acids is 1. The van der Waals surface area contributed by atoms with E-state index in [1.807, 2.05) is 33.4 Å². The fraction of sp³-hybridized carbons (Fsp3) is 0.467. The first-order chi connectivity index (χ1) is 10.5. The minimum absolute atomic E-state index is 0.0766. The van der Waals surface area contributed by atoms with E-state index in [4.69, 9.17) is 0 Å². The Morgan fingerprint density at radius 1 is 1.45 bits per heavy atom. The summed E-state index contributed by atoms with van der Waals surface area (Å²) in [5, 5.41) is 9.17. The second kappa shape index (κ2) is 7.42. The Labute approximate surface area is 135 Å². The summed E-state index contributed by atoms with van der Waals surface area (Å²) in [6.45, 7) is 1.13. The molecule has 7 heteroatoms. The van der Waals surface area contributed by atoms with Gasteiger partial charge in [-0.05, 0) is 25.5 Å². The van der Waals surface area contributed by atoms with Crippen LogP contribution in [-0.4, -0.2) is 53.3 Å². The summed E-state index contributed by atoms with van der Waals surface area (Å²) in [4.78, 5) is 17.3. The number of nitrogens with zero attached hydrogens (tertiary/aromatic N) is 4. The lowest BCUT2D eigenvalue weighted by atomic mass is 10.2. The van der Waals surface area contributed by atoms with Crippen molar-refractivity contribution in [2.75, 3.05) is 27.7 Å². The minimum Gasteiger partial charge on any atom is -0.336 e. The number of likely N-dealkylation sites (N-methyl/N-ethyl adjacent to an activating group) is 1. The molecule has 0 bridgehead atoms. The number of urea groups is 1. The van der Waals surface area contributed by atoms with Crippen molar-refractivity contribution in [1.29, 1.82) is 0 Å². The molecule has 0 unspecified atom stereocenters. The second-order valence-corrected chi connectivity index (χ2v) is 6.54. The number of hydrogen-bond acceptors (Lipinski definition) is 4. The van der Waals surface area contributed by atoms with E-state index < -0.39 is 0 Å². The molecule has 1 atom stereocenters. The van der Waals surface area contributed by atoms with Crippen LogP contribution in [0.5, 0.6) is 0 Å². The molecule has 0 saturated heterocycles. The Morgan fingerprint density at radius 2 is 2.23 bits per heavy atom. The molecule has 0 spiro atoms. The summed E-state index contributed by atoms with van der Waals surface area (Å²) in [5.41, 5.74) is 1.02. The van der Waals surface area contributed by atoms with Gasteiger partial charge in [-0.15, -0.1) is 11.3 Å². The highest BCUT2D eigenvalue weighted by Gasteiger charge is 2.17. The number of carbonyl (C=O) groups is 1. The van der Waals surface area contributed by atoms with Crippen LogP contribution >= 0.6 is 11.3 Å². The van der Waals surface area contributed by atoms with E-state index in [0.717, 1.165) is 5.56 Å². The highest BCUT2D eigenvalue weighted by Crippen LogP contribution is 2.22. The molecule has 2 heterocycles. The zero-order chi connectivity index (χ0) is 16.1. The van der Waals surface area contributed by atoms with E-state index in [2.05, 4.69) is 26.8 Å². The molecule has 0 aromatic carbocycles. The number of rotatable bonds is 6. The van der Waals surface area contributed by atoms with Crippen molar-refractivity contribution in [2.24, 2.45) is 7.05 Å². The monoisotopic (exact) mass is 321 g/mol. The fourth-order valence-electron chi connectivity index (χ4n) is 2.24. The Kier molecular flexibility index (Phi) is 5.57. The predicted molar refractivity (Wildman–Crippen MR) is 88.8 cm³/mol. The fourth-order valence-corrected chi connectivity index (χ4v) is 3.16. The van der Waals surface area contributed by atoms with E-state index in [1.165, 1.54) is 4.88 Å². The molecule has 0 aliphatic carbocycles. The maximum absolute atomic E-state index is 12.2. The standard InChI is InChI=1S/C15H23N5OS/c1-18(2)13(14-6-5-7-22-14)9-16-15(21)19(3)10-12-8-17-20(4)11-12/h5-8,11,13H,9-10H2,1-4H3,(H,16,21)/t13-/m0/s1. The predicted octanol–water partition coefficient (Wildman–Crippen LogP) is 1.93. The summed E-state index contributed by atoms with van der Waals surface area (Å²) in [6, 6.07) is 4.25. The maximum atomic E-state index is 12.2. The van der Waals surface area contributed by atoms with Crippen LogP contribution in [0.4, 0.5) is 4.79 Å². The van der Waals surface area contributed by atoms with Crippen molar-refractivity contribution in [3.8, 4) is 0 Å². The Bertz CT molecular complexity index is 593. The quantitative estimate of drug-likeness (QED) is 0.884. The van der Waals surface area contributed by atoms with Crippen molar-refractivity contribution in [3.05, 3.63) is 40.3 Å². The van der Waals surface area contributed by atoms with Crippen LogP contribution in [-0.2, 0) is 13.6 Å². The summed E-state index contributed by atoms with van der Waals surface area (Å²) >= 11 is 1.71. The van der Waals surface area contributed by atoms with Gasteiger partial charge in [-0.1, -0.05) is 6.07 Å². The maximum Gasteiger partial charge on any atom is 0.317 e. The molecule has 22 heavy (non-hydrogen) atoms. The summed E-state index contributed by atoms with van der Waals surface area (Å²) in [6.07, 6.45) is 3.69. The van der Waals surface area contributed by atoms with Crippen molar-refractivity contribution < 1.29 is 4.79 Å². The lowest BCUT2D eigenvalue weighted by molar-refractivity contribution is 0.201.